The van der Waals surface area contributed by atoms with Crippen molar-refractivity contribution in [1.82, 2.24) is 0 Å². The van der Waals surface area contributed by atoms with Gasteiger partial charge in [0.05, 0.1) is 12.8 Å². The Morgan fingerprint density at radius 1 is 1.54 bits per heavy atom. The monoisotopic (exact) mass is 182 g/mol. The lowest BCUT2D eigenvalue weighted by atomic mass is 10.2. The van der Waals surface area contributed by atoms with Crippen molar-refractivity contribution in [1.29, 1.82) is 0 Å². The van der Waals surface area contributed by atoms with Crippen LogP contribution >= 0.6 is 0 Å². The highest BCUT2D eigenvalue weighted by Crippen LogP contribution is 2.19. The van der Waals surface area contributed by atoms with Crippen molar-refractivity contribution >= 4 is 11.4 Å². The van der Waals surface area contributed by atoms with E-state index in [1.165, 1.54) is 19.4 Å². The molecule has 0 saturated carbocycles. The Bertz CT molecular complexity index is 302. The third kappa shape index (κ3) is 2.45. The molecule has 0 aliphatic carbocycles. The van der Waals surface area contributed by atoms with Crippen LogP contribution in [-0.4, -0.2) is 7.11 Å². The molecule has 1 aromatic carbocycles. The number of halogens is 1. The number of anilines is 2. The Hall–Kier alpha value is -1.55. The van der Waals surface area contributed by atoms with Crippen molar-refractivity contribution in [3.63, 3.8) is 0 Å². The molecule has 0 aliphatic rings. The van der Waals surface area contributed by atoms with Gasteiger partial charge in [-0.2, -0.15) is 0 Å². The molecule has 0 atom stereocenters. The minimum Gasteiger partial charge on any atom is -0.362 e. The Labute approximate surface area is 76.2 Å². The van der Waals surface area contributed by atoms with Gasteiger partial charge in [0.15, 0.2) is 0 Å². The molecule has 70 valence electrons. The summed E-state index contributed by atoms with van der Waals surface area (Å²) in [6.07, 6.45) is 1.52. The van der Waals surface area contributed by atoms with E-state index < -0.39 is 0 Å². The Kier molecular flexibility index (Phi) is 3.28. The minimum atomic E-state index is -0.364. The minimum absolute atomic E-state index is 0.286. The zero-order chi connectivity index (χ0) is 9.68. The zero-order valence-corrected chi connectivity index (χ0v) is 7.30. The van der Waals surface area contributed by atoms with Crippen molar-refractivity contribution in [3.05, 3.63) is 36.8 Å². The smallest absolute Gasteiger partial charge is 0.148 e. The quantitative estimate of drug-likeness (QED) is 0.701. The van der Waals surface area contributed by atoms with Crippen molar-refractivity contribution in [2.45, 2.75) is 0 Å². The molecule has 0 aliphatic heterocycles. The predicted octanol–water partition coefficient (Wildman–Crippen LogP) is 2.35. The first-order chi connectivity index (χ1) is 6.27. The summed E-state index contributed by atoms with van der Waals surface area (Å²) in [5.74, 6) is -0.364. The number of rotatable bonds is 4. The highest BCUT2D eigenvalue weighted by molar-refractivity contribution is 5.57. The largest absolute Gasteiger partial charge is 0.362 e. The lowest BCUT2D eigenvalue weighted by molar-refractivity contribution is 0.269. The van der Waals surface area contributed by atoms with Crippen molar-refractivity contribution in [3.8, 4) is 0 Å². The number of hydrogen-bond acceptors (Lipinski definition) is 3. The molecule has 4 heteroatoms. The van der Waals surface area contributed by atoms with Crippen LogP contribution in [0, 0.1) is 5.82 Å². The van der Waals surface area contributed by atoms with E-state index >= 15 is 0 Å². The predicted molar refractivity (Wildman–Crippen MR) is 50.9 cm³/mol. The summed E-state index contributed by atoms with van der Waals surface area (Å²) in [4.78, 5) is 4.60. The summed E-state index contributed by atoms with van der Waals surface area (Å²) in [6.45, 7) is 3.50. The maximum atomic E-state index is 13.0. The molecule has 0 unspecified atom stereocenters. The van der Waals surface area contributed by atoms with Gasteiger partial charge in [0.25, 0.3) is 0 Å². The molecule has 0 heterocycles. The van der Waals surface area contributed by atoms with E-state index in [1.54, 1.807) is 12.1 Å². The van der Waals surface area contributed by atoms with Crippen LogP contribution < -0.4 is 10.8 Å². The molecular formula is C9H11FN2O. The van der Waals surface area contributed by atoms with Gasteiger partial charge >= 0.3 is 0 Å². The van der Waals surface area contributed by atoms with Gasteiger partial charge in [-0.25, -0.2) is 4.39 Å². The number of nitrogens with one attached hydrogen (secondary N) is 2. The highest BCUT2D eigenvalue weighted by atomic mass is 19.1. The Morgan fingerprint density at radius 3 is 2.92 bits per heavy atom. The van der Waals surface area contributed by atoms with Gasteiger partial charge in [-0.15, -0.1) is 0 Å². The first-order valence-corrected chi connectivity index (χ1v) is 3.74. The maximum Gasteiger partial charge on any atom is 0.148 e. The number of benzene rings is 1. The van der Waals surface area contributed by atoms with Gasteiger partial charge in [0.2, 0.25) is 0 Å². The second kappa shape index (κ2) is 4.47. The number of hydrogen-bond donors (Lipinski definition) is 2. The van der Waals surface area contributed by atoms with Gasteiger partial charge in [-0.05, 0) is 24.4 Å². The van der Waals surface area contributed by atoms with E-state index in [0.29, 0.717) is 0 Å². The summed E-state index contributed by atoms with van der Waals surface area (Å²) in [7, 11) is 1.42. The standard InChI is InChI=1S/C9H11FN2O/c1-3-11-7-4-5-8(10)9(6-7)12-13-2/h3-6,11-12H,1H2,2H3. The van der Waals surface area contributed by atoms with Crippen LogP contribution in [0.25, 0.3) is 0 Å². The van der Waals surface area contributed by atoms with Crippen LogP contribution in [0.5, 0.6) is 0 Å². The third-order valence-corrected chi connectivity index (χ3v) is 1.45. The Balaban J connectivity index is 2.89. The lowest BCUT2D eigenvalue weighted by Gasteiger charge is -2.06. The van der Waals surface area contributed by atoms with E-state index in [4.69, 9.17) is 0 Å². The molecule has 13 heavy (non-hydrogen) atoms. The zero-order valence-electron chi connectivity index (χ0n) is 7.30. The van der Waals surface area contributed by atoms with Crippen LogP contribution in [0.15, 0.2) is 31.0 Å². The molecule has 2 N–H and O–H groups in total. The third-order valence-electron chi connectivity index (χ3n) is 1.45. The van der Waals surface area contributed by atoms with Gasteiger partial charge in [0, 0.05) is 5.69 Å². The SMILES string of the molecule is C=CNc1ccc(F)c(NOC)c1. The van der Waals surface area contributed by atoms with Crippen LogP contribution in [0.1, 0.15) is 0 Å². The fraction of sp³-hybridized carbons (Fsp3) is 0.111. The summed E-state index contributed by atoms with van der Waals surface area (Å²) in [5.41, 5.74) is 3.46. The van der Waals surface area contributed by atoms with E-state index in [-0.39, 0.29) is 11.5 Å². The van der Waals surface area contributed by atoms with Crippen LogP contribution in [0.4, 0.5) is 15.8 Å². The molecule has 0 radical (unpaired) electrons. The van der Waals surface area contributed by atoms with Gasteiger partial charge < -0.3 is 5.32 Å². The highest BCUT2D eigenvalue weighted by Gasteiger charge is 2.01. The van der Waals surface area contributed by atoms with Crippen molar-refractivity contribution in [2.75, 3.05) is 17.9 Å². The normalized spacial score (nSPS) is 9.38. The molecule has 0 amide bonds. The fourth-order valence-corrected chi connectivity index (χ4v) is 0.921. The fourth-order valence-electron chi connectivity index (χ4n) is 0.921. The van der Waals surface area contributed by atoms with Crippen LogP contribution in [-0.2, 0) is 4.84 Å². The molecule has 0 bridgehead atoms. The summed E-state index contributed by atoms with van der Waals surface area (Å²) in [5, 5.41) is 2.84. The molecule has 0 aromatic heterocycles. The average Bonchev–Trinajstić information content (AvgIpc) is 2.12. The second-order valence-corrected chi connectivity index (χ2v) is 2.35. The molecule has 0 spiro atoms. The lowest BCUT2D eigenvalue weighted by Crippen LogP contribution is -1.99. The maximum absolute atomic E-state index is 13.0. The van der Waals surface area contributed by atoms with E-state index in [9.17, 15) is 4.39 Å². The molecule has 0 saturated heterocycles. The first-order valence-electron chi connectivity index (χ1n) is 3.74. The molecule has 1 rings (SSSR count). The van der Waals surface area contributed by atoms with Gasteiger partial charge in [-0.1, -0.05) is 6.58 Å². The van der Waals surface area contributed by atoms with Crippen molar-refractivity contribution in [2.24, 2.45) is 0 Å². The topological polar surface area (TPSA) is 33.3 Å². The first kappa shape index (κ1) is 9.54. The van der Waals surface area contributed by atoms with Crippen LogP contribution in [0.2, 0.25) is 0 Å². The van der Waals surface area contributed by atoms with Gasteiger partial charge in [0.1, 0.15) is 5.82 Å². The summed E-state index contributed by atoms with van der Waals surface area (Å²) >= 11 is 0. The van der Waals surface area contributed by atoms with E-state index in [1.807, 2.05) is 0 Å². The van der Waals surface area contributed by atoms with Gasteiger partial charge in [-0.3, -0.25) is 10.3 Å². The molecule has 0 fully saturated rings. The molecular weight excluding hydrogens is 171 g/mol. The summed E-state index contributed by atoms with van der Waals surface area (Å²) < 4.78 is 13.0. The van der Waals surface area contributed by atoms with E-state index in [0.717, 1.165) is 5.69 Å². The molecule has 1 aromatic rings. The molecule has 3 nitrogen and oxygen atoms in total. The van der Waals surface area contributed by atoms with Crippen molar-refractivity contribution < 1.29 is 9.23 Å². The second-order valence-electron chi connectivity index (χ2n) is 2.35. The van der Waals surface area contributed by atoms with E-state index in [2.05, 4.69) is 22.2 Å². The Morgan fingerprint density at radius 2 is 2.31 bits per heavy atom. The average molecular weight is 182 g/mol. The summed E-state index contributed by atoms with van der Waals surface area (Å²) in [6, 6.07) is 4.53. The van der Waals surface area contributed by atoms with Crippen LogP contribution in [0.3, 0.4) is 0 Å².